The third-order valence-corrected chi connectivity index (χ3v) is 4.94. The van der Waals surface area contributed by atoms with Crippen LogP contribution in [0.4, 0.5) is 0 Å². The van der Waals surface area contributed by atoms with Gasteiger partial charge in [0.25, 0.3) is 0 Å². The highest BCUT2D eigenvalue weighted by Crippen LogP contribution is 2.32. The standard InChI is InChI=1S/C15H30N2/c1-15(2)9-6-11-17(12-10-15)14-8-5-4-7-13(14)16-3/h13-14,16H,4-12H2,1-3H3. The monoisotopic (exact) mass is 238 g/mol. The number of nitrogens with one attached hydrogen (secondary N) is 1. The molecular formula is C15H30N2. The van der Waals surface area contributed by atoms with Gasteiger partial charge in [0.1, 0.15) is 0 Å². The Kier molecular flexibility index (Phi) is 4.48. The van der Waals surface area contributed by atoms with E-state index in [1.807, 2.05) is 0 Å². The smallest absolute Gasteiger partial charge is 0.0249 e. The summed E-state index contributed by atoms with van der Waals surface area (Å²) in [6.45, 7) is 7.52. The summed E-state index contributed by atoms with van der Waals surface area (Å²) in [5.41, 5.74) is 0.568. The molecule has 2 heteroatoms. The van der Waals surface area contributed by atoms with E-state index in [2.05, 4.69) is 31.1 Å². The van der Waals surface area contributed by atoms with Gasteiger partial charge in [0.05, 0.1) is 0 Å². The molecule has 0 bridgehead atoms. The Balaban J connectivity index is 1.96. The number of nitrogens with zero attached hydrogens (tertiary/aromatic N) is 1. The van der Waals surface area contributed by atoms with Crippen LogP contribution in [0.1, 0.15) is 58.8 Å². The van der Waals surface area contributed by atoms with Crippen molar-refractivity contribution in [2.24, 2.45) is 5.41 Å². The largest absolute Gasteiger partial charge is 0.315 e. The van der Waals surface area contributed by atoms with Crippen LogP contribution in [0, 0.1) is 5.41 Å². The van der Waals surface area contributed by atoms with Crippen LogP contribution in [0.15, 0.2) is 0 Å². The van der Waals surface area contributed by atoms with Gasteiger partial charge in [-0.3, -0.25) is 4.90 Å². The summed E-state index contributed by atoms with van der Waals surface area (Å²) in [5.74, 6) is 0. The van der Waals surface area contributed by atoms with E-state index in [0.717, 1.165) is 12.1 Å². The highest BCUT2D eigenvalue weighted by Gasteiger charge is 2.32. The van der Waals surface area contributed by atoms with Gasteiger partial charge in [-0.2, -0.15) is 0 Å². The molecule has 2 aliphatic rings. The molecule has 0 radical (unpaired) electrons. The first-order chi connectivity index (χ1) is 8.12. The predicted molar refractivity (Wildman–Crippen MR) is 74.3 cm³/mol. The van der Waals surface area contributed by atoms with Crippen molar-refractivity contribution in [1.82, 2.24) is 10.2 Å². The van der Waals surface area contributed by atoms with Gasteiger partial charge in [0, 0.05) is 12.1 Å². The molecule has 17 heavy (non-hydrogen) atoms. The molecule has 0 aromatic heterocycles. The molecule has 1 saturated carbocycles. The molecule has 1 saturated heterocycles. The van der Waals surface area contributed by atoms with Gasteiger partial charge >= 0.3 is 0 Å². The second-order valence-corrected chi connectivity index (χ2v) is 6.80. The minimum Gasteiger partial charge on any atom is -0.315 e. The van der Waals surface area contributed by atoms with Gasteiger partial charge in [-0.25, -0.2) is 0 Å². The number of hydrogen-bond donors (Lipinski definition) is 1. The van der Waals surface area contributed by atoms with Crippen molar-refractivity contribution in [2.75, 3.05) is 20.1 Å². The predicted octanol–water partition coefficient (Wildman–Crippen LogP) is 3.03. The van der Waals surface area contributed by atoms with E-state index in [1.54, 1.807) is 0 Å². The zero-order chi connectivity index (χ0) is 12.3. The molecule has 1 aliphatic carbocycles. The second kappa shape index (κ2) is 5.71. The fourth-order valence-corrected chi connectivity index (χ4v) is 3.66. The first kappa shape index (κ1) is 13.4. The maximum Gasteiger partial charge on any atom is 0.0249 e. The molecule has 1 N–H and O–H groups in total. The minimum absolute atomic E-state index is 0.568. The summed E-state index contributed by atoms with van der Waals surface area (Å²) in [4.78, 5) is 2.79. The molecule has 0 amide bonds. The SMILES string of the molecule is CNC1CCCCC1N1CCCC(C)(C)CC1. The maximum atomic E-state index is 3.55. The third-order valence-electron chi connectivity index (χ3n) is 4.94. The topological polar surface area (TPSA) is 15.3 Å². The van der Waals surface area contributed by atoms with Crippen LogP contribution < -0.4 is 5.32 Å². The van der Waals surface area contributed by atoms with Gasteiger partial charge in [-0.05, 0) is 57.7 Å². The number of likely N-dealkylation sites (tertiary alicyclic amines) is 1. The Morgan fingerprint density at radius 3 is 2.53 bits per heavy atom. The molecule has 1 aliphatic heterocycles. The van der Waals surface area contributed by atoms with Crippen molar-refractivity contribution in [2.45, 2.75) is 70.9 Å². The quantitative estimate of drug-likeness (QED) is 0.795. The Labute approximate surface area is 107 Å². The van der Waals surface area contributed by atoms with Gasteiger partial charge in [0.15, 0.2) is 0 Å². The molecule has 2 rings (SSSR count). The van der Waals surface area contributed by atoms with E-state index >= 15 is 0 Å². The molecule has 2 atom stereocenters. The summed E-state index contributed by atoms with van der Waals surface area (Å²) in [5, 5.41) is 3.55. The van der Waals surface area contributed by atoms with Gasteiger partial charge in [-0.15, -0.1) is 0 Å². The normalized spacial score (nSPS) is 35.5. The van der Waals surface area contributed by atoms with Crippen LogP contribution in [0.5, 0.6) is 0 Å². The lowest BCUT2D eigenvalue weighted by Gasteiger charge is -2.39. The van der Waals surface area contributed by atoms with E-state index in [-0.39, 0.29) is 0 Å². The van der Waals surface area contributed by atoms with E-state index < -0.39 is 0 Å². The van der Waals surface area contributed by atoms with Crippen molar-refractivity contribution in [3.63, 3.8) is 0 Å². The fourth-order valence-electron chi connectivity index (χ4n) is 3.66. The Morgan fingerprint density at radius 2 is 1.76 bits per heavy atom. The molecule has 2 unspecified atom stereocenters. The third kappa shape index (κ3) is 3.45. The lowest BCUT2D eigenvalue weighted by Crippen LogP contribution is -2.51. The molecular weight excluding hydrogens is 208 g/mol. The Hall–Kier alpha value is -0.0800. The molecule has 2 nitrogen and oxygen atoms in total. The van der Waals surface area contributed by atoms with Gasteiger partial charge in [0.2, 0.25) is 0 Å². The number of hydrogen-bond acceptors (Lipinski definition) is 2. The van der Waals surface area contributed by atoms with Crippen molar-refractivity contribution in [3.8, 4) is 0 Å². The maximum absolute atomic E-state index is 3.55. The molecule has 2 fully saturated rings. The van der Waals surface area contributed by atoms with E-state index in [9.17, 15) is 0 Å². The van der Waals surface area contributed by atoms with Crippen molar-refractivity contribution >= 4 is 0 Å². The van der Waals surface area contributed by atoms with Crippen LogP contribution in [-0.2, 0) is 0 Å². The summed E-state index contributed by atoms with van der Waals surface area (Å²) in [6.07, 6.45) is 9.80. The highest BCUT2D eigenvalue weighted by molar-refractivity contribution is 4.89. The summed E-state index contributed by atoms with van der Waals surface area (Å²) < 4.78 is 0. The van der Waals surface area contributed by atoms with Crippen molar-refractivity contribution in [3.05, 3.63) is 0 Å². The molecule has 0 spiro atoms. The zero-order valence-electron chi connectivity index (χ0n) is 12.0. The summed E-state index contributed by atoms with van der Waals surface area (Å²) in [6, 6.07) is 1.55. The lowest BCUT2D eigenvalue weighted by molar-refractivity contribution is 0.125. The summed E-state index contributed by atoms with van der Waals surface area (Å²) >= 11 is 0. The van der Waals surface area contributed by atoms with Crippen molar-refractivity contribution < 1.29 is 0 Å². The average Bonchev–Trinajstić information content (AvgIpc) is 2.50. The first-order valence-electron chi connectivity index (χ1n) is 7.54. The molecule has 100 valence electrons. The molecule has 0 aromatic rings. The molecule has 0 aromatic carbocycles. The number of likely N-dealkylation sites (N-methyl/N-ethyl adjacent to an activating group) is 1. The van der Waals surface area contributed by atoms with Crippen LogP contribution in [0.3, 0.4) is 0 Å². The van der Waals surface area contributed by atoms with Crippen LogP contribution >= 0.6 is 0 Å². The Morgan fingerprint density at radius 1 is 1.00 bits per heavy atom. The summed E-state index contributed by atoms with van der Waals surface area (Å²) in [7, 11) is 2.14. The van der Waals surface area contributed by atoms with Crippen LogP contribution in [0.25, 0.3) is 0 Å². The fraction of sp³-hybridized carbons (Fsp3) is 1.00. The minimum atomic E-state index is 0.568. The molecule has 1 heterocycles. The van der Waals surface area contributed by atoms with E-state index in [1.165, 1.54) is 58.0 Å². The van der Waals surface area contributed by atoms with E-state index in [0.29, 0.717) is 5.41 Å². The van der Waals surface area contributed by atoms with Crippen molar-refractivity contribution in [1.29, 1.82) is 0 Å². The lowest BCUT2D eigenvalue weighted by atomic mass is 9.85. The van der Waals surface area contributed by atoms with Crippen LogP contribution in [-0.4, -0.2) is 37.1 Å². The zero-order valence-corrected chi connectivity index (χ0v) is 12.0. The van der Waals surface area contributed by atoms with Crippen LogP contribution in [0.2, 0.25) is 0 Å². The van der Waals surface area contributed by atoms with E-state index in [4.69, 9.17) is 0 Å². The highest BCUT2D eigenvalue weighted by atomic mass is 15.2. The first-order valence-corrected chi connectivity index (χ1v) is 7.54. The average molecular weight is 238 g/mol. The van der Waals surface area contributed by atoms with Gasteiger partial charge < -0.3 is 5.32 Å². The second-order valence-electron chi connectivity index (χ2n) is 6.80. The Bertz CT molecular complexity index is 237. The number of rotatable bonds is 2. The van der Waals surface area contributed by atoms with Gasteiger partial charge in [-0.1, -0.05) is 26.7 Å².